The Bertz CT molecular complexity index is 510. The Labute approximate surface area is 129 Å². The van der Waals surface area contributed by atoms with Gasteiger partial charge in [0.1, 0.15) is 0 Å². The number of thiophene rings is 1. The van der Waals surface area contributed by atoms with Crippen molar-refractivity contribution in [2.45, 2.75) is 19.4 Å². The molecule has 0 saturated carbocycles. The molecule has 0 aliphatic heterocycles. The Morgan fingerprint density at radius 1 is 1.22 bits per heavy atom. The van der Waals surface area contributed by atoms with Gasteiger partial charge in [-0.05, 0) is 46.2 Å². The summed E-state index contributed by atoms with van der Waals surface area (Å²) in [6.07, 6.45) is 1.03. The number of hydrogen-bond donors (Lipinski definition) is 1. The van der Waals surface area contributed by atoms with E-state index in [1.165, 1.54) is 14.9 Å². The van der Waals surface area contributed by atoms with Crippen LogP contribution >= 0.6 is 43.2 Å². The minimum absolute atomic E-state index is 0.373. The lowest BCUT2D eigenvalue weighted by atomic mass is 10.0. The molecular weight excluding hydrogens is 374 g/mol. The van der Waals surface area contributed by atoms with E-state index in [0.29, 0.717) is 6.04 Å². The van der Waals surface area contributed by atoms with Crippen molar-refractivity contribution in [3.63, 3.8) is 0 Å². The topological polar surface area (TPSA) is 12.0 Å². The molecule has 0 radical (unpaired) electrons. The van der Waals surface area contributed by atoms with E-state index in [4.69, 9.17) is 0 Å². The van der Waals surface area contributed by atoms with Crippen molar-refractivity contribution >= 4 is 43.2 Å². The van der Waals surface area contributed by atoms with Gasteiger partial charge in [-0.1, -0.05) is 35.0 Å². The molecule has 1 unspecified atom stereocenters. The molecule has 2 aromatic rings. The van der Waals surface area contributed by atoms with Gasteiger partial charge in [-0.3, -0.25) is 0 Å². The molecule has 0 aliphatic rings. The van der Waals surface area contributed by atoms with Gasteiger partial charge in [-0.25, -0.2) is 0 Å². The van der Waals surface area contributed by atoms with E-state index in [1.54, 1.807) is 11.3 Å². The summed E-state index contributed by atoms with van der Waals surface area (Å²) in [5, 5.41) is 5.69. The minimum atomic E-state index is 0.373. The first-order valence-electron chi connectivity index (χ1n) is 5.90. The lowest BCUT2D eigenvalue weighted by molar-refractivity contribution is 0.553. The molecule has 4 heteroatoms. The molecule has 2 rings (SSSR count). The molecule has 1 heterocycles. The molecule has 0 spiro atoms. The van der Waals surface area contributed by atoms with Crippen LogP contribution in [0.2, 0.25) is 0 Å². The second-order valence-electron chi connectivity index (χ2n) is 4.10. The molecule has 1 atom stereocenters. The van der Waals surface area contributed by atoms with Crippen molar-refractivity contribution in [1.29, 1.82) is 0 Å². The zero-order valence-corrected chi connectivity index (χ0v) is 14.1. The number of likely N-dealkylation sites (N-methyl/N-ethyl adjacent to an activating group) is 1. The monoisotopic (exact) mass is 387 g/mol. The third-order valence-corrected chi connectivity index (χ3v) is 4.94. The van der Waals surface area contributed by atoms with Gasteiger partial charge in [0.15, 0.2) is 0 Å². The molecular formula is C14H15Br2NS. The van der Waals surface area contributed by atoms with Crippen LogP contribution in [0.1, 0.15) is 23.4 Å². The number of rotatable bonds is 5. The smallest absolute Gasteiger partial charge is 0.0369 e. The summed E-state index contributed by atoms with van der Waals surface area (Å²) < 4.78 is 2.31. The average molecular weight is 389 g/mol. The maximum absolute atomic E-state index is 3.55. The molecule has 1 nitrogen and oxygen atoms in total. The van der Waals surface area contributed by atoms with Crippen LogP contribution in [0, 0.1) is 0 Å². The van der Waals surface area contributed by atoms with Gasteiger partial charge >= 0.3 is 0 Å². The fourth-order valence-electron chi connectivity index (χ4n) is 1.94. The Balaban J connectivity index is 2.17. The average Bonchev–Trinajstić information content (AvgIpc) is 2.74. The Hall–Kier alpha value is -0.160. The molecule has 0 aliphatic carbocycles. The highest BCUT2D eigenvalue weighted by Crippen LogP contribution is 2.26. The Morgan fingerprint density at radius 3 is 2.67 bits per heavy atom. The van der Waals surface area contributed by atoms with Crippen LogP contribution in [-0.2, 0) is 6.42 Å². The van der Waals surface area contributed by atoms with Crippen LogP contribution in [-0.4, -0.2) is 6.54 Å². The molecule has 0 fully saturated rings. The molecule has 1 aromatic carbocycles. The van der Waals surface area contributed by atoms with Gasteiger partial charge in [0, 0.05) is 31.7 Å². The van der Waals surface area contributed by atoms with Gasteiger partial charge in [0.05, 0.1) is 0 Å². The van der Waals surface area contributed by atoms with E-state index in [-0.39, 0.29) is 0 Å². The van der Waals surface area contributed by atoms with E-state index in [2.05, 4.69) is 79.8 Å². The van der Waals surface area contributed by atoms with E-state index in [1.807, 2.05) is 0 Å². The van der Waals surface area contributed by atoms with Crippen LogP contribution in [0.15, 0.2) is 44.7 Å². The van der Waals surface area contributed by atoms with E-state index < -0.39 is 0 Å². The fraction of sp³-hybridized carbons (Fsp3) is 0.286. The van der Waals surface area contributed by atoms with Crippen LogP contribution in [0.5, 0.6) is 0 Å². The molecule has 0 bridgehead atoms. The third kappa shape index (κ3) is 3.92. The summed E-state index contributed by atoms with van der Waals surface area (Å²) in [6.45, 7) is 3.12. The van der Waals surface area contributed by atoms with Crippen LogP contribution in [0.3, 0.4) is 0 Å². The standard InChI is InChI=1S/C14H15Br2NS/c1-2-17-14(8-13-7-12(16)9-18-13)10-4-3-5-11(15)6-10/h3-7,9,14,17H,2,8H2,1H3. The van der Waals surface area contributed by atoms with Gasteiger partial charge < -0.3 is 5.32 Å². The van der Waals surface area contributed by atoms with Gasteiger partial charge in [0.25, 0.3) is 0 Å². The maximum atomic E-state index is 3.55. The van der Waals surface area contributed by atoms with Crippen LogP contribution in [0.25, 0.3) is 0 Å². The summed E-state index contributed by atoms with van der Waals surface area (Å²) >= 11 is 8.85. The Kier molecular flexibility index (Phi) is 5.42. The fourth-order valence-corrected chi connectivity index (χ4v) is 3.85. The van der Waals surface area contributed by atoms with E-state index in [0.717, 1.165) is 17.4 Å². The second-order valence-corrected chi connectivity index (χ2v) is 6.93. The van der Waals surface area contributed by atoms with Crippen molar-refractivity contribution in [3.05, 3.63) is 55.1 Å². The summed E-state index contributed by atoms with van der Waals surface area (Å²) in [5.74, 6) is 0. The normalized spacial score (nSPS) is 12.6. The van der Waals surface area contributed by atoms with E-state index >= 15 is 0 Å². The molecule has 1 N–H and O–H groups in total. The van der Waals surface area contributed by atoms with Crippen molar-refractivity contribution in [2.24, 2.45) is 0 Å². The molecule has 0 saturated heterocycles. The SMILES string of the molecule is CCNC(Cc1cc(Br)cs1)c1cccc(Br)c1. The zero-order chi connectivity index (χ0) is 13.0. The van der Waals surface area contributed by atoms with Gasteiger partial charge in [0.2, 0.25) is 0 Å². The predicted molar refractivity (Wildman–Crippen MR) is 86.3 cm³/mol. The number of halogens is 2. The molecule has 1 aromatic heterocycles. The third-order valence-electron chi connectivity index (χ3n) is 2.73. The van der Waals surface area contributed by atoms with Gasteiger partial charge in [-0.2, -0.15) is 0 Å². The lowest BCUT2D eigenvalue weighted by Crippen LogP contribution is -2.22. The quantitative estimate of drug-likeness (QED) is 0.745. The summed E-state index contributed by atoms with van der Waals surface area (Å²) in [4.78, 5) is 1.40. The number of hydrogen-bond acceptors (Lipinski definition) is 2. The summed E-state index contributed by atoms with van der Waals surface area (Å²) in [6, 6.07) is 11.1. The van der Waals surface area contributed by atoms with Crippen molar-refractivity contribution in [2.75, 3.05) is 6.54 Å². The van der Waals surface area contributed by atoms with Crippen molar-refractivity contribution in [3.8, 4) is 0 Å². The minimum Gasteiger partial charge on any atom is -0.310 e. The van der Waals surface area contributed by atoms with E-state index in [9.17, 15) is 0 Å². The summed E-state index contributed by atoms with van der Waals surface area (Å²) in [5.41, 5.74) is 1.33. The number of benzene rings is 1. The van der Waals surface area contributed by atoms with Crippen LogP contribution in [0.4, 0.5) is 0 Å². The first-order chi connectivity index (χ1) is 8.69. The second kappa shape index (κ2) is 6.85. The first kappa shape index (κ1) is 14.3. The molecule has 0 amide bonds. The van der Waals surface area contributed by atoms with Crippen molar-refractivity contribution in [1.82, 2.24) is 5.32 Å². The predicted octanol–water partition coefficient (Wildman–Crippen LogP) is 5.17. The van der Waals surface area contributed by atoms with Crippen LogP contribution < -0.4 is 5.32 Å². The first-order valence-corrected chi connectivity index (χ1v) is 8.37. The van der Waals surface area contributed by atoms with Gasteiger partial charge in [-0.15, -0.1) is 11.3 Å². The lowest BCUT2D eigenvalue weighted by Gasteiger charge is -2.18. The molecule has 18 heavy (non-hydrogen) atoms. The highest BCUT2D eigenvalue weighted by atomic mass is 79.9. The highest BCUT2D eigenvalue weighted by molar-refractivity contribution is 9.10. The summed E-state index contributed by atoms with van der Waals surface area (Å²) in [7, 11) is 0. The Morgan fingerprint density at radius 2 is 2.06 bits per heavy atom. The largest absolute Gasteiger partial charge is 0.310 e. The maximum Gasteiger partial charge on any atom is 0.0369 e. The number of nitrogens with one attached hydrogen (secondary N) is 1. The zero-order valence-electron chi connectivity index (χ0n) is 10.1. The highest BCUT2D eigenvalue weighted by Gasteiger charge is 2.12. The molecule has 96 valence electrons. The van der Waals surface area contributed by atoms with Crippen molar-refractivity contribution < 1.29 is 0 Å².